The normalized spacial score (nSPS) is 13.9. The summed E-state index contributed by atoms with van der Waals surface area (Å²) in [6.45, 7) is -0.319. The Balaban J connectivity index is 2.82. The van der Waals surface area contributed by atoms with Crippen molar-refractivity contribution in [3.05, 3.63) is 40.0 Å². The third-order valence-electron chi connectivity index (χ3n) is 2.01. The van der Waals surface area contributed by atoms with E-state index in [1.165, 1.54) is 6.07 Å². The van der Waals surface area contributed by atoms with Gasteiger partial charge in [-0.1, -0.05) is 11.2 Å². The third-order valence-corrected chi connectivity index (χ3v) is 2.01. The Hall–Kier alpha value is -1.82. The van der Waals surface area contributed by atoms with E-state index in [-0.39, 0.29) is 12.1 Å². The van der Waals surface area contributed by atoms with E-state index in [0.29, 0.717) is 0 Å². The average molecular weight is 227 g/mol. The summed E-state index contributed by atoms with van der Waals surface area (Å²) in [7, 11) is 0. The number of halogens is 1. The van der Waals surface area contributed by atoms with Crippen LogP contribution >= 0.6 is 0 Å². The molecule has 0 bridgehead atoms. The number of aromatic hydroxyl groups is 1. The molecule has 0 fully saturated rings. The molecule has 2 unspecified atom stereocenters. The van der Waals surface area contributed by atoms with Gasteiger partial charge in [0, 0.05) is 4.91 Å². The van der Waals surface area contributed by atoms with Gasteiger partial charge in [0.05, 0.1) is 12.6 Å². The minimum absolute atomic E-state index is 0.0935. The van der Waals surface area contributed by atoms with Crippen LogP contribution in [0.3, 0.4) is 0 Å². The van der Waals surface area contributed by atoms with E-state index in [1.54, 1.807) is 0 Å². The number of nitrogens with zero attached hydrogens (tertiary/aromatic N) is 3. The number of benzene rings is 1. The molecule has 1 aromatic carbocycles. The Kier molecular flexibility index (Phi) is 4.07. The van der Waals surface area contributed by atoms with Gasteiger partial charge >= 0.3 is 0 Å². The molecule has 16 heavy (non-hydrogen) atoms. The summed E-state index contributed by atoms with van der Waals surface area (Å²) in [6, 6.07) is 3.23. The smallest absolute Gasteiger partial charge is 0.165 e. The van der Waals surface area contributed by atoms with E-state index in [2.05, 4.69) is 10.0 Å². The number of aliphatic hydroxyl groups excluding tert-OH is 2. The van der Waals surface area contributed by atoms with Gasteiger partial charge < -0.3 is 15.3 Å². The molecule has 0 saturated heterocycles. The molecular formula is C9H10FN3O3. The molecule has 0 amide bonds. The maximum absolute atomic E-state index is 12.9. The quantitative estimate of drug-likeness (QED) is 0.408. The molecule has 0 spiro atoms. The molecule has 1 aromatic rings. The van der Waals surface area contributed by atoms with Gasteiger partial charge in [0.1, 0.15) is 6.10 Å². The van der Waals surface area contributed by atoms with Crippen molar-refractivity contribution in [3.8, 4) is 5.75 Å². The monoisotopic (exact) mass is 227 g/mol. The van der Waals surface area contributed by atoms with Gasteiger partial charge in [-0.3, -0.25) is 0 Å². The second-order valence-electron chi connectivity index (χ2n) is 3.14. The lowest BCUT2D eigenvalue weighted by molar-refractivity contribution is 0.0242. The first-order valence-corrected chi connectivity index (χ1v) is 4.41. The lowest BCUT2D eigenvalue weighted by atomic mass is 10.0. The summed E-state index contributed by atoms with van der Waals surface area (Å²) in [5.41, 5.74) is 8.11. The zero-order valence-corrected chi connectivity index (χ0v) is 8.16. The molecule has 86 valence electrons. The van der Waals surface area contributed by atoms with Crippen molar-refractivity contribution in [2.45, 2.75) is 12.2 Å². The van der Waals surface area contributed by atoms with Crippen LogP contribution in [0.15, 0.2) is 23.3 Å². The Bertz CT molecular complexity index is 420. The van der Waals surface area contributed by atoms with Gasteiger partial charge in [0.25, 0.3) is 0 Å². The largest absolute Gasteiger partial charge is 0.505 e. The van der Waals surface area contributed by atoms with Crippen LogP contribution in [-0.2, 0) is 0 Å². The summed E-state index contributed by atoms with van der Waals surface area (Å²) < 4.78 is 12.9. The van der Waals surface area contributed by atoms with E-state index in [4.69, 9.17) is 10.6 Å². The number of hydrogen-bond acceptors (Lipinski definition) is 4. The predicted molar refractivity (Wildman–Crippen MR) is 53.0 cm³/mol. The first kappa shape index (κ1) is 12.3. The van der Waals surface area contributed by atoms with Crippen molar-refractivity contribution >= 4 is 0 Å². The second kappa shape index (κ2) is 5.32. The molecule has 7 heteroatoms. The Morgan fingerprint density at radius 1 is 1.44 bits per heavy atom. The molecular weight excluding hydrogens is 217 g/mol. The molecule has 1 rings (SSSR count). The number of hydrogen-bond donors (Lipinski definition) is 3. The molecule has 0 aromatic heterocycles. The number of aliphatic hydroxyl groups is 2. The molecule has 0 radical (unpaired) electrons. The molecule has 3 N–H and O–H groups in total. The van der Waals surface area contributed by atoms with Gasteiger partial charge in [0.15, 0.2) is 11.6 Å². The number of phenols is 1. The van der Waals surface area contributed by atoms with Gasteiger partial charge in [-0.2, -0.15) is 0 Å². The van der Waals surface area contributed by atoms with Crippen LogP contribution in [0.4, 0.5) is 4.39 Å². The van der Waals surface area contributed by atoms with E-state index < -0.39 is 23.8 Å². The Morgan fingerprint density at radius 3 is 2.69 bits per heavy atom. The summed E-state index contributed by atoms with van der Waals surface area (Å²) in [4.78, 5) is 2.42. The average Bonchev–Trinajstić information content (AvgIpc) is 2.28. The highest BCUT2D eigenvalue weighted by molar-refractivity contribution is 5.29. The van der Waals surface area contributed by atoms with Gasteiger partial charge in [-0.15, -0.1) is 0 Å². The van der Waals surface area contributed by atoms with Crippen LogP contribution in [0, 0.1) is 5.82 Å². The summed E-state index contributed by atoms with van der Waals surface area (Å²) in [6.07, 6.45) is -2.69. The fourth-order valence-corrected chi connectivity index (χ4v) is 1.15. The highest BCUT2D eigenvalue weighted by Crippen LogP contribution is 2.23. The number of azide groups is 1. The molecule has 0 saturated carbocycles. The number of rotatable bonds is 4. The molecule has 6 nitrogen and oxygen atoms in total. The Labute approximate surface area is 90.2 Å². The van der Waals surface area contributed by atoms with Crippen molar-refractivity contribution in [1.29, 1.82) is 0 Å². The molecule has 0 heterocycles. The van der Waals surface area contributed by atoms with Crippen LogP contribution in [0.2, 0.25) is 0 Å². The molecule has 2 atom stereocenters. The van der Waals surface area contributed by atoms with Crippen molar-refractivity contribution < 1.29 is 19.7 Å². The van der Waals surface area contributed by atoms with Crippen molar-refractivity contribution in [2.24, 2.45) is 5.11 Å². The van der Waals surface area contributed by atoms with E-state index in [1.807, 2.05) is 0 Å². The van der Waals surface area contributed by atoms with E-state index in [0.717, 1.165) is 12.1 Å². The SMILES string of the molecule is [N-]=[N+]=NCC(O)C(O)c1ccc(O)c(F)c1. The topological polar surface area (TPSA) is 109 Å². The van der Waals surface area contributed by atoms with Crippen LogP contribution in [0.1, 0.15) is 11.7 Å². The van der Waals surface area contributed by atoms with Crippen molar-refractivity contribution in [1.82, 2.24) is 0 Å². The third kappa shape index (κ3) is 2.83. The second-order valence-corrected chi connectivity index (χ2v) is 3.14. The van der Waals surface area contributed by atoms with Crippen molar-refractivity contribution in [2.75, 3.05) is 6.54 Å². The van der Waals surface area contributed by atoms with Crippen LogP contribution in [0.25, 0.3) is 10.4 Å². The summed E-state index contributed by atoms with van der Waals surface area (Å²) >= 11 is 0. The van der Waals surface area contributed by atoms with Crippen molar-refractivity contribution in [3.63, 3.8) is 0 Å². The predicted octanol–water partition coefficient (Wildman–Crippen LogP) is 1.24. The maximum atomic E-state index is 12.9. The fourth-order valence-electron chi connectivity index (χ4n) is 1.15. The van der Waals surface area contributed by atoms with Crippen LogP contribution in [0.5, 0.6) is 5.75 Å². The van der Waals surface area contributed by atoms with Crippen LogP contribution in [-0.4, -0.2) is 28.0 Å². The Morgan fingerprint density at radius 2 is 2.12 bits per heavy atom. The minimum Gasteiger partial charge on any atom is -0.505 e. The number of phenolic OH excluding ortho intramolecular Hbond substituents is 1. The van der Waals surface area contributed by atoms with E-state index in [9.17, 15) is 14.6 Å². The molecule has 0 aliphatic heterocycles. The zero-order valence-electron chi connectivity index (χ0n) is 8.16. The van der Waals surface area contributed by atoms with Gasteiger partial charge in [-0.05, 0) is 23.2 Å². The summed E-state index contributed by atoms with van der Waals surface area (Å²) in [5, 5.41) is 30.9. The standard InChI is InChI=1S/C9H10FN3O3/c10-6-3-5(1-2-7(6)14)9(16)8(15)4-12-13-11/h1-3,8-9,14-16H,4H2. The minimum atomic E-state index is -1.37. The zero-order chi connectivity index (χ0) is 12.1. The van der Waals surface area contributed by atoms with Gasteiger partial charge in [0.2, 0.25) is 0 Å². The lowest BCUT2D eigenvalue weighted by Crippen LogP contribution is -2.21. The first-order chi connectivity index (χ1) is 7.56. The first-order valence-electron chi connectivity index (χ1n) is 4.41. The van der Waals surface area contributed by atoms with Crippen LogP contribution < -0.4 is 0 Å². The highest BCUT2D eigenvalue weighted by Gasteiger charge is 2.18. The molecule has 0 aliphatic rings. The summed E-state index contributed by atoms with van der Waals surface area (Å²) in [5.74, 6) is -1.44. The fraction of sp³-hybridized carbons (Fsp3) is 0.333. The van der Waals surface area contributed by atoms with E-state index >= 15 is 0 Å². The highest BCUT2D eigenvalue weighted by atomic mass is 19.1. The molecule has 0 aliphatic carbocycles. The lowest BCUT2D eigenvalue weighted by Gasteiger charge is -2.16. The van der Waals surface area contributed by atoms with Gasteiger partial charge in [-0.25, -0.2) is 4.39 Å². The maximum Gasteiger partial charge on any atom is 0.165 e.